The highest BCUT2D eigenvalue weighted by Gasteiger charge is 2.15. The van der Waals surface area contributed by atoms with Crippen LogP contribution < -0.4 is 20.1 Å². The van der Waals surface area contributed by atoms with Crippen molar-refractivity contribution >= 4 is 29.9 Å². The molecule has 0 saturated carbocycles. The minimum Gasteiger partial charge on any atom is -0.490 e. The van der Waals surface area contributed by atoms with Crippen molar-refractivity contribution in [1.29, 1.82) is 0 Å². The summed E-state index contributed by atoms with van der Waals surface area (Å²) in [6.45, 7) is 5.58. The lowest BCUT2D eigenvalue weighted by molar-refractivity contribution is 0.296. The normalized spacial score (nSPS) is 14.5. The standard InChI is InChI=1S/C21H26FN3O2.HI/c1-14-8-9-16(12-18(14)22)15(2)25-21(23-3)24-13-17-6-4-7-19-20(17)27-11-5-10-26-19;/h4,6-9,12,15H,5,10-11,13H2,1-3H3,(H2,23,24,25);1H. The molecule has 1 heterocycles. The molecule has 0 saturated heterocycles. The molecule has 2 aromatic rings. The number of nitrogens with one attached hydrogen (secondary N) is 2. The molecular formula is C21H27FIN3O2. The lowest BCUT2D eigenvalue weighted by Gasteiger charge is -2.19. The molecule has 0 amide bonds. The predicted molar refractivity (Wildman–Crippen MR) is 120 cm³/mol. The van der Waals surface area contributed by atoms with Crippen LogP contribution in [0.1, 0.15) is 36.1 Å². The molecule has 1 aliphatic heterocycles. The van der Waals surface area contributed by atoms with E-state index in [0.717, 1.165) is 29.0 Å². The number of benzene rings is 2. The van der Waals surface area contributed by atoms with Crippen LogP contribution in [0.5, 0.6) is 11.5 Å². The van der Waals surface area contributed by atoms with Crippen LogP contribution in [0.15, 0.2) is 41.4 Å². The summed E-state index contributed by atoms with van der Waals surface area (Å²) in [6, 6.07) is 11.1. The lowest BCUT2D eigenvalue weighted by Crippen LogP contribution is -2.38. The van der Waals surface area contributed by atoms with Gasteiger partial charge in [0.25, 0.3) is 0 Å². The van der Waals surface area contributed by atoms with Crippen molar-refractivity contribution in [3.63, 3.8) is 0 Å². The summed E-state index contributed by atoms with van der Waals surface area (Å²) in [5.41, 5.74) is 2.51. The predicted octanol–water partition coefficient (Wildman–Crippen LogP) is 4.34. The van der Waals surface area contributed by atoms with Gasteiger partial charge in [0.2, 0.25) is 0 Å². The first-order chi connectivity index (χ1) is 13.1. The summed E-state index contributed by atoms with van der Waals surface area (Å²) in [6.07, 6.45) is 0.870. The first-order valence-corrected chi connectivity index (χ1v) is 9.19. The number of halogens is 2. The zero-order valence-electron chi connectivity index (χ0n) is 16.4. The highest BCUT2D eigenvalue weighted by atomic mass is 127. The molecular weight excluding hydrogens is 472 g/mol. The fraction of sp³-hybridized carbons (Fsp3) is 0.381. The largest absolute Gasteiger partial charge is 0.490 e. The number of aryl methyl sites for hydroxylation is 1. The van der Waals surface area contributed by atoms with Crippen LogP contribution in [0.25, 0.3) is 0 Å². The van der Waals surface area contributed by atoms with E-state index in [1.807, 2.05) is 31.2 Å². The van der Waals surface area contributed by atoms with Crippen LogP contribution in [0, 0.1) is 12.7 Å². The maximum Gasteiger partial charge on any atom is 0.191 e. The average molecular weight is 499 g/mol. The molecule has 0 radical (unpaired) electrons. The van der Waals surface area contributed by atoms with Gasteiger partial charge in [0.05, 0.1) is 19.3 Å². The fourth-order valence-electron chi connectivity index (χ4n) is 2.93. The van der Waals surface area contributed by atoms with Crippen molar-refractivity contribution in [2.45, 2.75) is 32.9 Å². The number of hydrogen-bond acceptors (Lipinski definition) is 3. The lowest BCUT2D eigenvalue weighted by atomic mass is 10.1. The number of fused-ring (bicyclic) bond motifs is 1. The van der Waals surface area contributed by atoms with E-state index in [1.165, 1.54) is 0 Å². The maximum atomic E-state index is 13.8. The number of aliphatic imine (C=N–C) groups is 1. The Bertz CT molecular complexity index is 829. The van der Waals surface area contributed by atoms with Gasteiger partial charge in [0.15, 0.2) is 17.5 Å². The molecule has 1 unspecified atom stereocenters. The molecule has 0 bridgehead atoms. The molecule has 0 aliphatic carbocycles. The summed E-state index contributed by atoms with van der Waals surface area (Å²) in [4.78, 5) is 4.27. The summed E-state index contributed by atoms with van der Waals surface area (Å²) in [7, 11) is 1.71. The van der Waals surface area contributed by atoms with E-state index >= 15 is 0 Å². The molecule has 1 aliphatic rings. The van der Waals surface area contributed by atoms with E-state index < -0.39 is 0 Å². The molecule has 0 aromatic heterocycles. The van der Waals surface area contributed by atoms with Crippen LogP contribution in [0.4, 0.5) is 4.39 Å². The molecule has 1 atom stereocenters. The van der Waals surface area contributed by atoms with Crippen LogP contribution >= 0.6 is 24.0 Å². The third kappa shape index (κ3) is 5.50. The van der Waals surface area contributed by atoms with E-state index in [4.69, 9.17) is 9.47 Å². The van der Waals surface area contributed by atoms with Crippen LogP contribution in [0.2, 0.25) is 0 Å². The van der Waals surface area contributed by atoms with E-state index in [1.54, 1.807) is 26.1 Å². The van der Waals surface area contributed by atoms with E-state index in [2.05, 4.69) is 15.6 Å². The molecule has 152 valence electrons. The smallest absolute Gasteiger partial charge is 0.191 e. The van der Waals surface area contributed by atoms with E-state index in [-0.39, 0.29) is 35.8 Å². The van der Waals surface area contributed by atoms with Crippen LogP contribution in [-0.2, 0) is 6.54 Å². The Morgan fingerprint density at radius 2 is 2.00 bits per heavy atom. The van der Waals surface area contributed by atoms with Gasteiger partial charge >= 0.3 is 0 Å². The van der Waals surface area contributed by atoms with Gasteiger partial charge in [0.1, 0.15) is 5.82 Å². The van der Waals surface area contributed by atoms with Crippen molar-refractivity contribution in [1.82, 2.24) is 10.6 Å². The van der Waals surface area contributed by atoms with Crippen molar-refractivity contribution in [2.75, 3.05) is 20.3 Å². The Kier molecular flexibility index (Phi) is 8.35. The maximum absolute atomic E-state index is 13.8. The van der Waals surface area contributed by atoms with E-state index in [0.29, 0.717) is 31.3 Å². The minimum absolute atomic E-state index is 0. The molecule has 2 N–H and O–H groups in total. The third-order valence-electron chi connectivity index (χ3n) is 4.57. The summed E-state index contributed by atoms with van der Waals surface area (Å²) in [5, 5.41) is 6.58. The van der Waals surface area contributed by atoms with Gasteiger partial charge < -0.3 is 20.1 Å². The Hall–Kier alpha value is -2.03. The van der Waals surface area contributed by atoms with Crippen LogP contribution in [0.3, 0.4) is 0 Å². The first kappa shape index (κ1) is 22.3. The van der Waals surface area contributed by atoms with Gasteiger partial charge in [0, 0.05) is 25.6 Å². The molecule has 0 fully saturated rings. The summed E-state index contributed by atoms with van der Waals surface area (Å²) >= 11 is 0. The number of rotatable bonds is 4. The van der Waals surface area contributed by atoms with Gasteiger partial charge in [-0.25, -0.2) is 4.39 Å². The minimum atomic E-state index is -0.201. The van der Waals surface area contributed by atoms with E-state index in [9.17, 15) is 4.39 Å². The summed E-state index contributed by atoms with van der Waals surface area (Å²) in [5.74, 6) is 1.99. The van der Waals surface area contributed by atoms with Crippen molar-refractivity contribution in [3.8, 4) is 11.5 Å². The van der Waals surface area contributed by atoms with Crippen molar-refractivity contribution in [3.05, 3.63) is 58.9 Å². The molecule has 3 rings (SSSR count). The van der Waals surface area contributed by atoms with Gasteiger partial charge in [-0.2, -0.15) is 0 Å². The first-order valence-electron chi connectivity index (χ1n) is 9.19. The fourth-order valence-corrected chi connectivity index (χ4v) is 2.93. The second-order valence-electron chi connectivity index (χ2n) is 6.60. The Balaban J connectivity index is 0.00000280. The molecule has 7 heteroatoms. The number of nitrogens with zero attached hydrogens (tertiary/aromatic N) is 1. The van der Waals surface area contributed by atoms with Gasteiger partial charge in [-0.3, -0.25) is 4.99 Å². The monoisotopic (exact) mass is 499 g/mol. The highest BCUT2D eigenvalue weighted by Crippen LogP contribution is 2.33. The molecule has 5 nitrogen and oxygen atoms in total. The second-order valence-corrected chi connectivity index (χ2v) is 6.60. The zero-order chi connectivity index (χ0) is 19.2. The Morgan fingerprint density at radius 1 is 1.21 bits per heavy atom. The molecule has 0 spiro atoms. The SMILES string of the molecule is CN=C(NCc1cccc2c1OCCCO2)NC(C)c1ccc(C)c(F)c1.I. The van der Waals surface area contributed by atoms with Gasteiger partial charge in [-0.15, -0.1) is 24.0 Å². The average Bonchev–Trinajstić information content (AvgIpc) is 2.93. The zero-order valence-corrected chi connectivity index (χ0v) is 18.8. The second kappa shape index (κ2) is 10.5. The number of para-hydroxylation sites is 1. The highest BCUT2D eigenvalue weighted by molar-refractivity contribution is 14.0. The summed E-state index contributed by atoms with van der Waals surface area (Å²) < 4.78 is 25.4. The Labute approximate surface area is 182 Å². The molecule has 28 heavy (non-hydrogen) atoms. The molecule has 2 aromatic carbocycles. The number of hydrogen-bond donors (Lipinski definition) is 2. The van der Waals surface area contributed by atoms with Crippen LogP contribution in [-0.4, -0.2) is 26.2 Å². The third-order valence-corrected chi connectivity index (χ3v) is 4.57. The topological polar surface area (TPSA) is 54.9 Å². The van der Waals surface area contributed by atoms with Gasteiger partial charge in [-0.05, 0) is 37.1 Å². The quantitative estimate of drug-likeness (QED) is 0.374. The van der Waals surface area contributed by atoms with Crippen molar-refractivity contribution < 1.29 is 13.9 Å². The van der Waals surface area contributed by atoms with Crippen molar-refractivity contribution in [2.24, 2.45) is 4.99 Å². The number of guanidine groups is 1. The Morgan fingerprint density at radius 3 is 2.75 bits per heavy atom. The van der Waals surface area contributed by atoms with Gasteiger partial charge in [-0.1, -0.05) is 24.3 Å². The number of ether oxygens (including phenoxy) is 2.